The van der Waals surface area contributed by atoms with Gasteiger partial charge in [0.2, 0.25) is 0 Å². The van der Waals surface area contributed by atoms with Gasteiger partial charge in [0.15, 0.2) is 0 Å². The van der Waals surface area contributed by atoms with Crippen LogP contribution in [-0.4, -0.2) is 37.0 Å². The highest BCUT2D eigenvalue weighted by Gasteiger charge is 2.23. The van der Waals surface area contributed by atoms with Crippen LogP contribution >= 0.6 is 0 Å². The third-order valence-electron chi connectivity index (χ3n) is 4.30. The standard InChI is InChI=1S/C19H19N3O/c1-15-4-2-3-5-18(15)19(23)22-12-10-21(11-13-22)17-8-6-16(14-20)7-9-17/h2-9H,10-13H2,1H3. The summed E-state index contributed by atoms with van der Waals surface area (Å²) in [5.74, 6) is 0.113. The number of nitriles is 1. The molecule has 1 amide bonds. The van der Waals surface area contributed by atoms with Gasteiger partial charge in [0, 0.05) is 37.4 Å². The highest BCUT2D eigenvalue weighted by atomic mass is 16.2. The molecule has 3 rings (SSSR count). The van der Waals surface area contributed by atoms with Crippen LogP contribution in [0.5, 0.6) is 0 Å². The Morgan fingerprint density at radius 1 is 1.00 bits per heavy atom. The SMILES string of the molecule is Cc1ccccc1C(=O)N1CCN(c2ccc(C#N)cc2)CC1. The molecule has 0 unspecified atom stereocenters. The van der Waals surface area contributed by atoms with E-state index >= 15 is 0 Å². The van der Waals surface area contributed by atoms with Crippen LogP contribution in [0, 0.1) is 18.3 Å². The minimum Gasteiger partial charge on any atom is -0.368 e. The Morgan fingerprint density at radius 3 is 2.26 bits per heavy atom. The van der Waals surface area contributed by atoms with Gasteiger partial charge in [-0.2, -0.15) is 5.26 Å². The fourth-order valence-corrected chi connectivity index (χ4v) is 2.90. The molecular weight excluding hydrogens is 286 g/mol. The van der Waals surface area contributed by atoms with Gasteiger partial charge in [0.1, 0.15) is 0 Å². The van der Waals surface area contributed by atoms with Gasteiger partial charge in [-0.3, -0.25) is 4.79 Å². The van der Waals surface area contributed by atoms with E-state index in [1.807, 2.05) is 60.4 Å². The van der Waals surface area contributed by atoms with Gasteiger partial charge in [0.25, 0.3) is 5.91 Å². The van der Waals surface area contributed by atoms with Crippen LogP contribution < -0.4 is 4.90 Å². The van der Waals surface area contributed by atoms with E-state index < -0.39 is 0 Å². The van der Waals surface area contributed by atoms with Gasteiger partial charge in [-0.1, -0.05) is 18.2 Å². The number of piperazine rings is 1. The Balaban J connectivity index is 1.65. The minimum absolute atomic E-state index is 0.113. The van der Waals surface area contributed by atoms with Crippen molar-refractivity contribution in [2.45, 2.75) is 6.92 Å². The van der Waals surface area contributed by atoms with Crippen LogP contribution in [0.3, 0.4) is 0 Å². The van der Waals surface area contributed by atoms with Gasteiger partial charge in [-0.05, 0) is 42.8 Å². The highest BCUT2D eigenvalue weighted by Crippen LogP contribution is 2.19. The first kappa shape index (κ1) is 15.1. The van der Waals surface area contributed by atoms with Gasteiger partial charge in [0.05, 0.1) is 11.6 Å². The quantitative estimate of drug-likeness (QED) is 0.857. The van der Waals surface area contributed by atoms with Crippen LogP contribution in [0.1, 0.15) is 21.5 Å². The molecule has 4 nitrogen and oxygen atoms in total. The molecule has 0 radical (unpaired) electrons. The fraction of sp³-hybridized carbons (Fsp3) is 0.263. The Labute approximate surface area is 136 Å². The number of nitrogens with zero attached hydrogens (tertiary/aromatic N) is 3. The Bertz CT molecular complexity index is 738. The average molecular weight is 305 g/mol. The van der Waals surface area contributed by atoms with Crippen molar-refractivity contribution in [1.82, 2.24) is 4.90 Å². The molecule has 1 fully saturated rings. The molecule has 1 aliphatic rings. The normalized spacial score (nSPS) is 14.4. The van der Waals surface area contributed by atoms with Gasteiger partial charge >= 0.3 is 0 Å². The van der Waals surface area contributed by atoms with Crippen molar-refractivity contribution in [3.05, 3.63) is 65.2 Å². The van der Waals surface area contributed by atoms with Crippen molar-refractivity contribution in [1.29, 1.82) is 5.26 Å². The van der Waals surface area contributed by atoms with E-state index in [4.69, 9.17) is 5.26 Å². The molecule has 2 aromatic carbocycles. The maximum atomic E-state index is 12.6. The zero-order valence-electron chi connectivity index (χ0n) is 13.2. The number of hydrogen-bond acceptors (Lipinski definition) is 3. The van der Waals surface area contributed by atoms with E-state index in [0.717, 1.165) is 29.9 Å². The second-order valence-corrected chi connectivity index (χ2v) is 5.75. The highest BCUT2D eigenvalue weighted by molar-refractivity contribution is 5.95. The lowest BCUT2D eigenvalue weighted by Gasteiger charge is -2.36. The smallest absolute Gasteiger partial charge is 0.254 e. The summed E-state index contributed by atoms with van der Waals surface area (Å²) in [5, 5.41) is 8.86. The molecule has 4 heteroatoms. The first-order chi connectivity index (χ1) is 11.2. The average Bonchev–Trinajstić information content (AvgIpc) is 2.62. The molecule has 0 bridgehead atoms. The molecule has 23 heavy (non-hydrogen) atoms. The largest absolute Gasteiger partial charge is 0.368 e. The van der Waals surface area contributed by atoms with Gasteiger partial charge in [-0.25, -0.2) is 0 Å². The second kappa shape index (κ2) is 6.53. The monoisotopic (exact) mass is 305 g/mol. The Morgan fingerprint density at radius 2 is 1.65 bits per heavy atom. The molecule has 0 spiro atoms. The van der Waals surface area contributed by atoms with Crippen molar-refractivity contribution < 1.29 is 4.79 Å². The lowest BCUT2D eigenvalue weighted by atomic mass is 10.1. The first-order valence-corrected chi connectivity index (χ1v) is 7.79. The molecule has 1 heterocycles. The summed E-state index contributed by atoms with van der Waals surface area (Å²) in [6, 6.07) is 17.5. The maximum absolute atomic E-state index is 12.6. The topological polar surface area (TPSA) is 47.3 Å². The maximum Gasteiger partial charge on any atom is 0.254 e. The van der Waals surface area contributed by atoms with Crippen LogP contribution in [0.2, 0.25) is 0 Å². The molecule has 0 atom stereocenters. The Hall–Kier alpha value is -2.80. The third kappa shape index (κ3) is 3.19. The Kier molecular flexibility index (Phi) is 4.29. The van der Waals surface area contributed by atoms with E-state index in [-0.39, 0.29) is 5.91 Å². The molecule has 0 N–H and O–H groups in total. The number of hydrogen-bond donors (Lipinski definition) is 0. The lowest BCUT2D eigenvalue weighted by molar-refractivity contribution is 0.0746. The van der Waals surface area contributed by atoms with Crippen LogP contribution in [0.4, 0.5) is 5.69 Å². The van der Waals surface area contributed by atoms with Gasteiger partial charge in [-0.15, -0.1) is 0 Å². The van der Waals surface area contributed by atoms with Crippen molar-refractivity contribution in [3.8, 4) is 6.07 Å². The number of amides is 1. The van der Waals surface area contributed by atoms with E-state index in [9.17, 15) is 4.79 Å². The number of rotatable bonds is 2. The molecule has 0 aliphatic carbocycles. The predicted molar refractivity (Wildman–Crippen MR) is 90.5 cm³/mol. The first-order valence-electron chi connectivity index (χ1n) is 7.79. The van der Waals surface area contributed by atoms with Crippen molar-refractivity contribution in [2.24, 2.45) is 0 Å². The number of carbonyl (C=O) groups excluding carboxylic acids is 1. The van der Waals surface area contributed by atoms with Crippen LogP contribution in [0.25, 0.3) is 0 Å². The molecule has 2 aromatic rings. The van der Waals surface area contributed by atoms with Crippen LogP contribution in [-0.2, 0) is 0 Å². The van der Waals surface area contributed by atoms with Crippen molar-refractivity contribution in [2.75, 3.05) is 31.1 Å². The van der Waals surface area contributed by atoms with Gasteiger partial charge < -0.3 is 9.80 Å². The molecule has 0 aromatic heterocycles. The van der Waals surface area contributed by atoms with E-state index in [1.54, 1.807) is 0 Å². The lowest BCUT2D eigenvalue weighted by Crippen LogP contribution is -2.48. The number of carbonyl (C=O) groups is 1. The van der Waals surface area contributed by atoms with E-state index in [0.29, 0.717) is 18.7 Å². The minimum atomic E-state index is 0.113. The summed E-state index contributed by atoms with van der Waals surface area (Å²) in [6.07, 6.45) is 0. The summed E-state index contributed by atoms with van der Waals surface area (Å²) in [6.45, 7) is 5.02. The molecule has 116 valence electrons. The fourth-order valence-electron chi connectivity index (χ4n) is 2.90. The number of benzene rings is 2. The molecule has 1 aliphatic heterocycles. The third-order valence-corrected chi connectivity index (χ3v) is 4.30. The summed E-state index contributed by atoms with van der Waals surface area (Å²) < 4.78 is 0. The van der Waals surface area contributed by atoms with Crippen molar-refractivity contribution in [3.63, 3.8) is 0 Å². The van der Waals surface area contributed by atoms with Crippen LogP contribution in [0.15, 0.2) is 48.5 Å². The molecule has 0 saturated carbocycles. The summed E-state index contributed by atoms with van der Waals surface area (Å²) in [4.78, 5) is 16.8. The molecule has 1 saturated heterocycles. The molecular formula is C19H19N3O. The number of anilines is 1. The van der Waals surface area contributed by atoms with E-state index in [1.165, 1.54) is 0 Å². The summed E-state index contributed by atoms with van der Waals surface area (Å²) >= 11 is 0. The van der Waals surface area contributed by atoms with E-state index in [2.05, 4.69) is 11.0 Å². The predicted octanol–water partition coefficient (Wildman–Crippen LogP) is 2.83. The zero-order valence-corrected chi connectivity index (χ0v) is 13.2. The zero-order chi connectivity index (χ0) is 16.2. The summed E-state index contributed by atoms with van der Waals surface area (Å²) in [5.41, 5.74) is 3.58. The summed E-state index contributed by atoms with van der Waals surface area (Å²) in [7, 11) is 0. The van der Waals surface area contributed by atoms with Crippen molar-refractivity contribution >= 4 is 11.6 Å². The number of aryl methyl sites for hydroxylation is 1. The second-order valence-electron chi connectivity index (χ2n) is 5.75.